The Kier molecular flexibility index (Phi) is 4.51. The Hall–Kier alpha value is -0.920. The maximum Gasteiger partial charge on any atom is 0.294 e. The van der Waals surface area contributed by atoms with Gasteiger partial charge in [-0.05, 0) is 107 Å². The second-order valence-corrected chi connectivity index (χ2v) is 11.4. The van der Waals surface area contributed by atoms with Gasteiger partial charge in [0.05, 0.1) is 12.1 Å². The first kappa shape index (κ1) is 20.0. The molecule has 7 nitrogen and oxygen atoms in total. The second-order valence-electron chi connectivity index (χ2n) is 11.4. The topological polar surface area (TPSA) is 84.7 Å². The molecule has 4 saturated carbocycles. The molecule has 0 aromatic heterocycles. The molecule has 0 N–H and O–H groups in total. The van der Waals surface area contributed by atoms with Crippen molar-refractivity contribution in [3.05, 3.63) is 10.1 Å². The highest BCUT2D eigenvalue weighted by Crippen LogP contribution is 2.65. The number of fused-ring (bicyclic) bond motifs is 5. The summed E-state index contributed by atoms with van der Waals surface area (Å²) < 4.78 is 6.19. The Balaban J connectivity index is 1.34. The molecule has 163 valence electrons. The molecule has 1 aliphatic heterocycles. The Bertz CT molecular complexity index is 686. The number of hydrogen-bond donors (Lipinski definition) is 0. The van der Waals surface area contributed by atoms with Crippen LogP contribution >= 0.6 is 0 Å². The summed E-state index contributed by atoms with van der Waals surface area (Å²) >= 11 is 0. The van der Waals surface area contributed by atoms with Crippen LogP contribution in [0.15, 0.2) is 0 Å². The van der Waals surface area contributed by atoms with Gasteiger partial charge in [-0.3, -0.25) is 0 Å². The second kappa shape index (κ2) is 6.54. The van der Waals surface area contributed by atoms with E-state index < -0.39 is 16.4 Å². The number of ether oxygens (including phenoxy) is 1. The van der Waals surface area contributed by atoms with E-state index in [1.165, 1.54) is 11.5 Å². The predicted molar refractivity (Wildman–Crippen MR) is 104 cm³/mol. The summed E-state index contributed by atoms with van der Waals surface area (Å²) in [6.07, 6.45) is 9.00. The van der Waals surface area contributed by atoms with Crippen LogP contribution in [0.1, 0.15) is 78.6 Å². The third kappa shape index (κ3) is 2.87. The number of rotatable bonds is 2. The van der Waals surface area contributed by atoms with Crippen LogP contribution in [0.3, 0.4) is 0 Å². The van der Waals surface area contributed by atoms with E-state index in [1.807, 2.05) is 13.8 Å². The van der Waals surface area contributed by atoms with Crippen LogP contribution in [0.2, 0.25) is 0 Å². The Labute approximate surface area is 173 Å². The summed E-state index contributed by atoms with van der Waals surface area (Å²) in [5.74, 6) is 2.79. The molecule has 0 aromatic carbocycles. The first-order chi connectivity index (χ1) is 13.7. The molecule has 4 aliphatic carbocycles. The van der Waals surface area contributed by atoms with Crippen molar-refractivity contribution in [2.45, 2.75) is 95.9 Å². The molecule has 1 spiro atoms. The van der Waals surface area contributed by atoms with Crippen LogP contribution in [0.5, 0.6) is 0 Å². The van der Waals surface area contributed by atoms with E-state index >= 15 is 0 Å². The lowest BCUT2D eigenvalue weighted by atomic mass is 9.46. The van der Waals surface area contributed by atoms with Gasteiger partial charge in [-0.25, -0.2) is 0 Å². The normalized spacial score (nSPS) is 51.3. The zero-order valence-corrected chi connectivity index (χ0v) is 18.0. The maximum absolute atomic E-state index is 13.1. The van der Waals surface area contributed by atoms with Crippen LogP contribution < -0.4 is 0 Å². The van der Waals surface area contributed by atoms with E-state index in [0.717, 1.165) is 51.4 Å². The molecule has 0 aromatic rings. The van der Waals surface area contributed by atoms with Crippen molar-refractivity contribution in [1.82, 2.24) is 5.06 Å². The average molecular weight is 408 g/mol. The molecule has 0 amide bonds. The van der Waals surface area contributed by atoms with Crippen LogP contribution in [-0.2, 0) is 14.8 Å². The van der Waals surface area contributed by atoms with E-state index in [9.17, 15) is 15.3 Å². The Morgan fingerprint density at radius 1 is 1.00 bits per heavy atom. The predicted octanol–water partition coefficient (Wildman–Crippen LogP) is 4.37. The fraction of sp³-hybridized carbons (Fsp3) is 1.00. The lowest BCUT2D eigenvalue weighted by molar-refractivity contribution is -0.770. The summed E-state index contributed by atoms with van der Waals surface area (Å²) in [6.45, 7) is 6.97. The summed E-state index contributed by atoms with van der Waals surface area (Å²) in [4.78, 5) is 15.9. The third-order valence-corrected chi connectivity index (χ3v) is 9.77. The zero-order valence-electron chi connectivity index (χ0n) is 18.0. The SMILES string of the molecule is CC1(C)COC2(CC[C@]3(C)C4CCC5C(CC[C@@H]5O[N+](=O)[O-])C4CC[C@H]3C2)N1[O]. The van der Waals surface area contributed by atoms with Crippen molar-refractivity contribution in [2.75, 3.05) is 6.61 Å². The average Bonchev–Trinajstić information content (AvgIpc) is 3.17. The lowest BCUT2D eigenvalue weighted by Gasteiger charge is -2.60. The molecular weight excluding hydrogens is 372 g/mol. The summed E-state index contributed by atoms with van der Waals surface area (Å²) in [7, 11) is 0. The molecule has 0 bridgehead atoms. The van der Waals surface area contributed by atoms with Crippen LogP contribution in [0, 0.1) is 45.1 Å². The summed E-state index contributed by atoms with van der Waals surface area (Å²) in [5.41, 5.74) is -0.785. The Morgan fingerprint density at radius 2 is 1.72 bits per heavy atom. The van der Waals surface area contributed by atoms with Crippen molar-refractivity contribution >= 4 is 0 Å². The minimum atomic E-state index is -0.615. The quantitative estimate of drug-likeness (QED) is 0.501. The van der Waals surface area contributed by atoms with E-state index in [1.54, 1.807) is 0 Å². The lowest BCUT2D eigenvalue weighted by Crippen LogP contribution is -2.59. The van der Waals surface area contributed by atoms with Crippen molar-refractivity contribution in [1.29, 1.82) is 0 Å². The maximum atomic E-state index is 13.1. The van der Waals surface area contributed by atoms with Crippen molar-refractivity contribution in [3.63, 3.8) is 0 Å². The molecule has 5 unspecified atom stereocenters. The molecule has 1 radical (unpaired) electrons. The van der Waals surface area contributed by atoms with Gasteiger partial charge in [0.2, 0.25) is 0 Å². The van der Waals surface area contributed by atoms with E-state index in [4.69, 9.17) is 9.57 Å². The molecule has 1 saturated heterocycles. The highest BCUT2D eigenvalue weighted by Gasteiger charge is 2.63. The standard InChI is InChI=1S/C22H35N2O5/c1-20(2)13-28-22(23(20)25)11-10-21(3)14(12-22)4-5-16-15-7-9-19(29-24(26)27)17(15)6-8-18(16)21/h14-19H,4-13H2,1-3H3/t14-,15?,16?,17?,18?,19-,21-,22?/m0/s1. The van der Waals surface area contributed by atoms with E-state index in [2.05, 4.69) is 6.92 Å². The monoisotopic (exact) mass is 407 g/mol. The molecule has 5 aliphatic rings. The molecule has 1 heterocycles. The highest BCUT2D eigenvalue weighted by atomic mass is 17.0. The summed E-state index contributed by atoms with van der Waals surface area (Å²) in [6, 6.07) is 0. The Morgan fingerprint density at radius 3 is 2.41 bits per heavy atom. The van der Waals surface area contributed by atoms with Gasteiger partial charge in [0.25, 0.3) is 5.09 Å². The fourth-order valence-corrected chi connectivity index (χ4v) is 8.35. The van der Waals surface area contributed by atoms with Gasteiger partial charge in [-0.1, -0.05) is 6.92 Å². The number of hydroxylamine groups is 2. The van der Waals surface area contributed by atoms with E-state index in [0.29, 0.717) is 36.2 Å². The van der Waals surface area contributed by atoms with Gasteiger partial charge < -0.3 is 9.57 Å². The highest BCUT2D eigenvalue weighted by molar-refractivity contribution is 5.09. The molecular formula is C22H35N2O5. The van der Waals surface area contributed by atoms with Gasteiger partial charge in [-0.15, -0.1) is 20.4 Å². The van der Waals surface area contributed by atoms with Gasteiger partial charge in [0, 0.05) is 0 Å². The molecule has 8 atom stereocenters. The van der Waals surface area contributed by atoms with Gasteiger partial charge in [0.15, 0.2) is 0 Å². The number of nitrogens with zero attached hydrogens (tertiary/aromatic N) is 2. The molecule has 5 rings (SSSR count). The van der Waals surface area contributed by atoms with Gasteiger partial charge in [0.1, 0.15) is 11.8 Å². The van der Waals surface area contributed by atoms with Crippen molar-refractivity contribution in [3.8, 4) is 0 Å². The molecule has 7 heteroatoms. The molecule has 29 heavy (non-hydrogen) atoms. The smallest absolute Gasteiger partial charge is 0.294 e. The van der Waals surface area contributed by atoms with Gasteiger partial charge in [-0.2, -0.15) is 0 Å². The van der Waals surface area contributed by atoms with Crippen LogP contribution in [0.4, 0.5) is 0 Å². The van der Waals surface area contributed by atoms with E-state index in [-0.39, 0.29) is 11.5 Å². The fourth-order valence-electron chi connectivity index (χ4n) is 8.35. The summed E-state index contributed by atoms with van der Waals surface area (Å²) in [5, 5.41) is 24.6. The van der Waals surface area contributed by atoms with Crippen molar-refractivity contribution < 1.29 is 19.9 Å². The largest absolute Gasteiger partial charge is 0.356 e. The minimum absolute atomic E-state index is 0.195. The third-order valence-electron chi connectivity index (χ3n) is 9.77. The first-order valence-corrected chi connectivity index (χ1v) is 11.6. The van der Waals surface area contributed by atoms with Crippen molar-refractivity contribution in [2.24, 2.45) is 35.0 Å². The zero-order chi connectivity index (χ0) is 20.6. The molecule has 5 fully saturated rings. The van der Waals surface area contributed by atoms with Gasteiger partial charge >= 0.3 is 0 Å². The minimum Gasteiger partial charge on any atom is -0.356 e. The first-order valence-electron chi connectivity index (χ1n) is 11.6. The van der Waals surface area contributed by atoms with Crippen LogP contribution in [0.25, 0.3) is 0 Å². The van der Waals surface area contributed by atoms with Crippen LogP contribution in [-0.4, -0.2) is 34.1 Å². The number of hydrogen-bond acceptors (Lipinski definition) is 5.